The van der Waals surface area contributed by atoms with Crippen LogP contribution in [0, 0.1) is 0 Å². The summed E-state index contributed by atoms with van der Waals surface area (Å²) < 4.78 is 20.0. The van der Waals surface area contributed by atoms with Gasteiger partial charge in [0.05, 0.1) is 39.6 Å². The van der Waals surface area contributed by atoms with Crippen LogP contribution in [0.4, 0.5) is 0 Å². The van der Waals surface area contributed by atoms with Gasteiger partial charge in [0, 0.05) is 37.3 Å². The molecule has 0 saturated carbocycles. The molecule has 2 heterocycles. The second-order valence-corrected chi connectivity index (χ2v) is 10.9. The van der Waals surface area contributed by atoms with Gasteiger partial charge in [0.2, 0.25) is 0 Å². The van der Waals surface area contributed by atoms with Crippen molar-refractivity contribution in [3.8, 4) is 11.1 Å². The highest BCUT2D eigenvalue weighted by molar-refractivity contribution is 7.80. The van der Waals surface area contributed by atoms with Crippen molar-refractivity contribution in [3.63, 3.8) is 0 Å². The van der Waals surface area contributed by atoms with Crippen LogP contribution in [-0.2, 0) is 27.8 Å². The summed E-state index contributed by atoms with van der Waals surface area (Å²) in [6.07, 6.45) is 23.0. The zero-order chi connectivity index (χ0) is 28.9. The molecule has 0 aliphatic carbocycles. The molecular weight excluding hydrogens is 605 g/mol. The third-order valence-corrected chi connectivity index (χ3v) is 7.09. The molecule has 0 aliphatic rings. The fraction of sp³-hybridized carbons (Fsp3) is 0.688. The maximum atomic E-state index is 8.42. The Hall–Kier alpha value is -0.460. The van der Waals surface area contributed by atoms with Gasteiger partial charge in [-0.25, -0.2) is 9.13 Å². The molecule has 0 saturated heterocycles. The fourth-order valence-electron chi connectivity index (χ4n) is 4.06. The molecule has 0 bridgehead atoms. The number of rotatable bonds is 24. The van der Waals surface area contributed by atoms with Gasteiger partial charge in [-0.05, 0) is 48.3 Å². The van der Waals surface area contributed by atoms with Gasteiger partial charge in [0.25, 0.3) is 0 Å². The zero-order valence-electron chi connectivity index (χ0n) is 25.9. The average Bonchev–Trinajstić information content (AvgIpc) is 2.98. The highest BCUT2D eigenvalue weighted by Gasteiger charge is 2.04. The highest BCUT2D eigenvalue weighted by atomic mass is 32.1. The predicted molar refractivity (Wildman–Crippen MR) is 192 cm³/mol. The van der Waals surface area contributed by atoms with Crippen molar-refractivity contribution in [2.24, 2.45) is 7.05 Å². The van der Waals surface area contributed by atoms with Crippen LogP contribution in [0.25, 0.3) is 11.1 Å². The minimum atomic E-state index is 0. The monoisotopic (exact) mass is 664 g/mol. The van der Waals surface area contributed by atoms with Gasteiger partial charge >= 0.3 is 0 Å². The van der Waals surface area contributed by atoms with E-state index in [0.29, 0.717) is 33.0 Å². The molecule has 0 unspecified atom stereocenters. The largest absolute Gasteiger partial charge is 0.394 e. The summed E-state index contributed by atoms with van der Waals surface area (Å²) in [6, 6.07) is 8.77. The first-order chi connectivity index (χ1) is 19.7. The van der Waals surface area contributed by atoms with Gasteiger partial charge in [-0.3, -0.25) is 0 Å². The van der Waals surface area contributed by atoms with Crippen LogP contribution in [0.3, 0.4) is 0 Å². The Kier molecular flexibility index (Phi) is 34.8. The lowest BCUT2D eigenvalue weighted by Crippen LogP contribution is -2.32. The minimum absolute atomic E-state index is 0. The van der Waals surface area contributed by atoms with Gasteiger partial charge in [0.1, 0.15) is 13.6 Å². The second-order valence-electron chi connectivity index (χ2n) is 9.97. The van der Waals surface area contributed by atoms with E-state index < -0.39 is 0 Å². The summed E-state index contributed by atoms with van der Waals surface area (Å²) in [7, 11) is 2.05. The first-order valence-electron chi connectivity index (χ1n) is 15.2. The molecule has 0 fully saturated rings. The number of aromatic nitrogens is 2. The maximum Gasteiger partial charge on any atom is 0.169 e. The first-order valence-corrected chi connectivity index (χ1v) is 16.5. The molecule has 10 heteroatoms. The average molecular weight is 665 g/mol. The topological polar surface area (TPSA) is 55.7 Å². The van der Waals surface area contributed by atoms with Crippen molar-refractivity contribution >= 4 is 52.2 Å². The van der Waals surface area contributed by atoms with E-state index in [0.717, 1.165) is 37.5 Å². The summed E-state index contributed by atoms with van der Waals surface area (Å²) in [4.78, 5) is 0. The number of unbranched alkanes of at least 4 members (excludes halogenated alkanes) is 9. The highest BCUT2D eigenvalue weighted by Crippen LogP contribution is 2.15. The molecule has 0 atom stereocenters. The molecule has 2 aromatic heterocycles. The number of aliphatic hydroxyl groups excluding tert-OH is 1. The third-order valence-electron chi connectivity index (χ3n) is 6.45. The summed E-state index contributed by atoms with van der Waals surface area (Å²) >= 11 is 8.37. The van der Waals surface area contributed by atoms with Gasteiger partial charge in [-0.2, -0.15) is 52.2 Å². The van der Waals surface area contributed by atoms with Gasteiger partial charge in [-0.15, -0.1) is 0 Å². The second kappa shape index (κ2) is 33.4. The molecule has 6 nitrogen and oxygen atoms in total. The van der Waals surface area contributed by atoms with Crippen molar-refractivity contribution in [2.75, 3.05) is 57.8 Å². The van der Waals surface area contributed by atoms with E-state index in [4.69, 9.17) is 19.3 Å². The SMILES string of the molecule is C[n+]1ccc(-c2cc[n+](CCCCCCCCCCCS)cc2)cc1.OCCOCCOCCOCCCCS.S.S. The molecular formula is C32H60N2O4S4+2. The molecule has 0 radical (unpaired) electrons. The Morgan fingerprint density at radius 3 is 1.45 bits per heavy atom. The van der Waals surface area contributed by atoms with Crippen molar-refractivity contribution < 1.29 is 28.5 Å². The van der Waals surface area contributed by atoms with Crippen molar-refractivity contribution in [2.45, 2.75) is 77.2 Å². The van der Waals surface area contributed by atoms with E-state index in [2.05, 4.69) is 83.4 Å². The van der Waals surface area contributed by atoms with Crippen LogP contribution >= 0.6 is 52.2 Å². The number of aryl methyl sites for hydroxylation is 2. The van der Waals surface area contributed by atoms with E-state index >= 15 is 0 Å². The van der Waals surface area contributed by atoms with Crippen LogP contribution < -0.4 is 9.13 Å². The Morgan fingerprint density at radius 1 is 0.548 bits per heavy atom. The number of nitrogens with zero attached hydrogens (tertiary/aromatic N) is 2. The predicted octanol–water partition coefficient (Wildman–Crippen LogP) is 5.87. The van der Waals surface area contributed by atoms with Crippen molar-refractivity contribution in [1.29, 1.82) is 0 Å². The molecule has 2 aromatic rings. The fourth-order valence-corrected chi connectivity index (χ4v) is 4.51. The molecule has 1 N–H and O–H groups in total. The van der Waals surface area contributed by atoms with E-state index in [1.165, 1.54) is 68.9 Å². The number of thiol groups is 2. The standard InChI is InChI=1S/C22H33N2S.C10H22O4S.2H2S/c1-23-16-11-21(12-17-23)22-13-18-24(19-14-22)15-9-7-5-3-2-4-6-8-10-20-25;11-3-5-13-7-9-14-8-6-12-4-1-2-10-15;;/h11-14,16-19H,2-10,15,20H2,1H3;11,15H,1-10H2;2*1H2/q+1;;;/p+1. The number of hydrogen-bond acceptors (Lipinski definition) is 6. The lowest BCUT2D eigenvalue weighted by molar-refractivity contribution is -0.697. The summed E-state index contributed by atoms with van der Waals surface area (Å²) in [5.74, 6) is 1.96. The van der Waals surface area contributed by atoms with Gasteiger partial charge in [0.15, 0.2) is 24.8 Å². The number of aliphatic hydroxyl groups is 1. The van der Waals surface area contributed by atoms with Crippen LogP contribution in [0.2, 0.25) is 0 Å². The van der Waals surface area contributed by atoms with E-state index in [-0.39, 0.29) is 33.6 Å². The Balaban J connectivity index is 0. The summed E-state index contributed by atoms with van der Waals surface area (Å²) in [6.45, 7) is 4.67. The molecule has 0 spiro atoms. The smallest absolute Gasteiger partial charge is 0.169 e. The Bertz CT molecular complexity index is 790. The Labute approximate surface area is 281 Å². The molecule has 244 valence electrons. The van der Waals surface area contributed by atoms with Crippen LogP contribution in [0.5, 0.6) is 0 Å². The number of pyridine rings is 2. The molecule has 0 aromatic carbocycles. The van der Waals surface area contributed by atoms with E-state index in [9.17, 15) is 0 Å². The lowest BCUT2D eigenvalue weighted by Gasteiger charge is -2.05. The number of hydrogen-bond donors (Lipinski definition) is 3. The van der Waals surface area contributed by atoms with Crippen molar-refractivity contribution in [3.05, 3.63) is 49.1 Å². The van der Waals surface area contributed by atoms with E-state index in [1.807, 2.05) is 7.05 Å². The van der Waals surface area contributed by atoms with Crippen LogP contribution in [0.1, 0.15) is 70.6 Å². The molecule has 42 heavy (non-hydrogen) atoms. The Morgan fingerprint density at radius 2 is 0.952 bits per heavy atom. The molecule has 0 amide bonds. The summed E-state index contributed by atoms with van der Waals surface area (Å²) in [5, 5.41) is 8.42. The molecule has 0 aliphatic heterocycles. The van der Waals surface area contributed by atoms with Gasteiger partial charge in [-0.1, -0.05) is 38.5 Å². The summed E-state index contributed by atoms with van der Waals surface area (Å²) in [5.41, 5.74) is 2.56. The van der Waals surface area contributed by atoms with Crippen LogP contribution in [0.15, 0.2) is 49.1 Å². The van der Waals surface area contributed by atoms with Gasteiger partial charge < -0.3 is 19.3 Å². The first kappa shape index (κ1) is 43.7. The quantitative estimate of drug-likeness (QED) is 0.0747. The lowest BCUT2D eigenvalue weighted by atomic mass is 10.1. The normalized spacial score (nSPS) is 10.4. The third kappa shape index (κ3) is 26.0. The number of ether oxygens (including phenoxy) is 3. The molecule has 2 rings (SSSR count). The van der Waals surface area contributed by atoms with Crippen LogP contribution in [-0.4, -0.2) is 62.9 Å². The van der Waals surface area contributed by atoms with Crippen molar-refractivity contribution in [1.82, 2.24) is 0 Å². The minimum Gasteiger partial charge on any atom is -0.394 e. The van der Waals surface area contributed by atoms with E-state index in [1.54, 1.807) is 0 Å². The maximum absolute atomic E-state index is 8.42. The zero-order valence-corrected chi connectivity index (χ0v) is 29.7.